The summed E-state index contributed by atoms with van der Waals surface area (Å²) in [5.41, 5.74) is 0.499. The van der Waals surface area contributed by atoms with Crippen LogP contribution in [0.4, 0.5) is 0 Å². The Morgan fingerprint density at radius 3 is 2.35 bits per heavy atom. The molecule has 2 N–H and O–H groups in total. The fraction of sp³-hybridized carbons (Fsp3) is 0.417. The summed E-state index contributed by atoms with van der Waals surface area (Å²) < 4.78 is 11.0. The van der Waals surface area contributed by atoms with Gasteiger partial charge >= 0.3 is 0 Å². The predicted molar refractivity (Wildman–Crippen MR) is 117 cm³/mol. The Bertz CT molecular complexity index is 957. The average molecular weight is 428 g/mol. The van der Waals surface area contributed by atoms with Crippen LogP contribution in [0, 0.1) is 6.92 Å². The molecule has 31 heavy (non-hydrogen) atoms. The number of ether oxygens (including phenoxy) is 1. The van der Waals surface area contributed by atoms with Gasteiger partial charge in [-0.15, -0.1) is 0 Å². The number of Topliss-reactive ketones (excluding diaryl/α,β-unsaturated/α-hetero) is 1. The Labute approximate surface area is 182 Å². The monoisotopic (exact) mass is 427 g/mol. The van der Waals surface area contributed by atoms with Crippen LogP contribution in [0.15, 0.2) is 46.4 Å². The van der Waals surface area contributed by atoms with Crippen molar-refractivity contribution in [3.63, 3.8) is 0 Å². The summed E-state index contributed by atoms with van der Waals surface area (Å²) in [6.45, 7) is 9.40. The first-order valence-electron chi connectivity index (χ1n) is 10.7. The summed E-state index contributed by atoms with van der Waals surface area (Å²) in [6.07, 6.45) is 0.753. The average Bonchev–Trinajstić information content (AvgIpc) is 3.32. The number of aryl methyl sites for hydroxylation is 1. The fourth-order valence-corrected chi connectivity index (χ4v) is 4.01. The van der Waals surface area contributed by atoms with Crippen LogP contribution in [0.5, 0.6) is 5.75 Å². The number of hydrogen-bond donors (Lipinski definition) is 2. The molecular weight excluding hydrogens is 396 g/mol. The molecular formula is C24H31N2O5+. The lowest BCUT2D eigenvalue weighted by atomic mass is 9.99. The molecule has 0 aliphatic carbocycles. The van der Waals surface area contributed by atoms with Crippen molar-refractivity contribution >= 4 is 17.4 Å². The molecule has 2 heterocycles. The molecule has 7 nitrogen and oxygen atoms in total. The lowest BCUT2D eigenvalue weighted by Gasteiger charge is -2.24. The molecule has 0 radical (unpaired) electrons. The third kappa shape index (κ3) is 4.66. The summed E-state index contributed by atoms with van der Waals surface area (Å²) in [5, 5.41) is 11.0. The Morgan fingerprint density at radius 2 is 1.81 bits per heavy atom. The number of amides is 1. The van der Waals surface area contributed by atoms with Crippen LogP contribution in [0.25, 0.3) is 5.76 Å². The van der Waals surface area contributed by atoms with Gasteiger partial charge in [-0.25, -0.2) is 0 Å². The van der Waals surface area contributed by atoms with Gasteiger partial charge in [0.1, 0.15) is 29.1 Å². The maximum Gasteiger partial charge on any atom is 0.295 e. The maximum atomic E-state index is 13.0. The zero-order chi connectivity index (χ0) is 22.5. The van der Waals surface area contributed by atoms with E-state index in [0.29, 0.717) is 29.4 Å². The van der Waals surface area contributed by atoms with Crippen LogP contribution < -0.4 is 9.64 Å². The molecule has 1 aromatic heterocycles. The second kappa shape index (κ2) is 9.83. The van der Waals surface area contributed by atoms with Crippen LogP contribution >= 0.6 is 0 Å². The first kappa shape index (κ1) is 22.6. The number of furan rings is 1. The minimum atomic E-state index is -0.748. The SMILES string of the molecule is CC[NH+](CC)CCCN1C(=O)C(=O)/C(=C(/O)c2ccc(OC)cc2)[C@@H]1c1ccc(C)o1. The largest absolute Gasteiger partial charge is 0.507 e. The van der Waals surface area contributed by atoms with Crippen LogP contribution in [0.3, 0.4) is 0 Å². The molecule has 1 amide bonds. The number of quaternary nitrogens is 1. The van der Waals surface area contributed by atoms with Gasteiger partial charge in [0, 0.05) is 18.5 Å². The summed E-state index contributed by atoms with van der Waals surface area (Å²) >= 11 is 0. The van der Waals surface area contributed by atoms with E-state index in [1.54, 1.807) is 43.5 Å². The first-order chi connectivity index (χ1) is 14.9. The van der Waals surface area contributed by atoms with Gasteiger partial charge in [-0.05, 0) is 57.2 Å². The first-order valence-corrected chi connectivity index (χ1v) is 10.7. The predicted octanol–water partition coefficient (Wildman–Crippen LogP) is 2.33. The van der Waals surface area contributed by atoms with E-state index in [-0.39, 0.29) is 11.3 Å². The molecule has 1 saturated heterocycles. The van der Waals surface area contributed by atoms with Crippen LogP contribution in [-0.4, -0.2) is 55.0 Å². The Balaban J connectivity index is 1.98. The lowest BCUT2D eigenvalue weighted by Crippen LogP contribution is -3.11. The van der Waals surface area contributed by atoms with Crippen LogP contribution in [-0.2, 0) is 9.59 Å². The third-order valence-corrected chi connectivity index (χ3v) is 5.86. The summed E-state index contributed by atoms with van der Waals surface area (Å²) in [5.74, 6) is 0.275. The molecule has 0 bridgehead atoms. The zero-order valence-electron chi connectivity index (χ0n) is 18.6. The number of aliphatic hydroxyl groups excluding tert-OH is 1. The Morgan fingerprint density at radius 1 is 1.13 bits per heavy atom. The van der Waals surface area contributed by atoms with E-state index >= 15 is 0 Å². The Hall–Kier alpha value is -3.06. The van der Waals surface area contributed by atoms with Crippen LogP contribution in [0.2, 0.25) is 0 Å². The standard InChI is InChI=1S/C24H30N2O5/c1-5-25(6-2)14-7-15-26-21(19-13-8-16(3)31-19)20(23(28)24(26)29)22(27)17-9-11-18(30-4)12-10-17/h8-13,21,27H,5-7,14-15H2,1-4H3/p+1/b22-20+/t21-/m0/s1. The number of carbonyl (C=O) groups is 2. The van der Waals surface area contributed by atoms with Gasteiger partial charge in [-0.1, -0.05) is 0 Å². The van der Waals surface area contributed by atoms with Crippen molar-refractivity contribution in [2.24, 2.45) is 0 Å². The number of likely N-dealkylation sites (tertiary alicyclic amines) is 1. The van der Waals surface area contributed by atoms with Gasteiger partial charge in [0.25, 0.3) is 11.7 Å². The molecule has 1 atom stereocenters. The molecule has 3 rings (SSSR count). The van der Waals surface area contributed by atoms with Gasteiger partial charge in [0.2, 0.25) is 0 Å². The molecule has 1 aliphatic rings. The minimum absolute atomic E-state index is 0.0553. The van der Waals surface area contributed by atoms with Gasteiger partial charge in [-0.3, -0.25) is 9.59 Å². The van der Waals surface area contributed by atoms with E-state index in [4.69, 9.17) is 9.15 Å². The van der Waals surface area contributed by atoms with E-state index in [1.807, 2.05) is 6.92 Å². The van der Waals surface area contributed by atoms with Crippen molar-refractivity contribution in [3.05, 3.63) is 59.1 Å². The van der Waals surface area contributed by atoms with Crippen molar-refractivity contribution in [2.45, 2.75) is 33.2 Å². The topological polar surface area (TPSA) is 84.4 Å². The molecule has 7 heteroatoms. The summed E-state index contributed by atoms with van der Waals surface area (Å²) in [7, 11) is 1.56. The number of nitrogens with one attached hydrogen (secondary N) is 1. The van der Waals surface area contributed by atoms with E-state index < -0.39 is 17.7 Å². The third-order valence-electron chi connectivity index (χ3n) is 5.86. The van der Waals surface area contributed by atoms with E-state index in [2.05, 4.69) is 13.8 Å². The Kier molecular flexibility index (Phi) is 7.17. The second-order valence-corrected chi connectivity index (χ2v) is 7.73. The van der Waals surface area contributed by atoms with Crippen molar-refractivity contribution in [1.82, 2.24) is 4.90 Å². The zero-order valence-corrected chi connectivity index (χ0v) is 18.6. The van der Waals surface area contributed by atoms with Crippen molar-refractivity contribution in [2.75, 3.05) is 33.3 Å². The molecule has 1 fully saturated rings. The number of methoxy groups -OCH3 is 1. The molecule has 166 valence electrons. The highest BCUT2D eigenvalue weighted by atomic mass is 16.5. The van der Waals surface area contributed by atoms with E-state index in [0.717, 1.165) is 26.1 Å². The van der Waals surface area contributed by atoms with Gasteiger partial charge in [0.15, 0.2) is 0 Å². The van der Waals surface area contributed by atoms with E-state index in [9.17, 15) is 14.7 Å². The van der Waals surface area contributed by atoms with Gasteiger partial charge in [-0.2, -0.15) is 0 Å². The maximum absolute atomic E-state index is 13.0. The minimum Gasteiger partial charge on any atom is -0.507 e. The number of benzene rings is 1. The number of aliphatic hydroxyl groups is 1. The number of nitrogens with zero attached hydrogens (tertiary/aromatic N) is 1. The lowest BCUT2D eigenvalue weighted by molar-refractivity contribution is -0.896. The summed E-state index contributed by atoms with van der Waals surface area (Å²) in [6, 6.07) is 9.53. The van der Waals surface area contributed by atoms with Crippen molar-refractivity contribution < 1.29 is 28.7 Å². The van der Waals surface area contributed by atoms with Crippen molar-refractivity contribution in [3.8, 4) is 5.75 Å². The molecule has 0 saturated carbocycles. The number of ketones is 1. The molecule has 2 aromatic rings. The van der Waals surface area contributed by atoms with Gasteiger partial charge < -0.3 is 24.1 Å². The number of hydrogen-bond acceptors (Lipinski definition) is 5. The number of rotatable bonds is 9. The molecule has 1 aliphatic heterocycles. The number of carbonyl (C=O) groups excluding carboxylic acids is 2. The highest BCUT2D eigenvalue weighted by Crippen LogP contribution is 2.40. The molecule has 0 spiro atoms. The van der Waals surface area contributed by atoms with E-state index in [1.165, 1.54) is 9.80 Å². The second-order valence-electron chi connectivity index (χ2n) is 7.73. The van der Waals surface area contributed by atoms with Crippen molar-refractivity contribution in [1.29, 1.82) is 0 Å². The molecule has 0 unspecified atom stereocenters. The quantitative estimate of drug-likeness (QED) is 0.365. The fourth-order valence-electron chi connectivity index (χ4n) is 4.01. The smallest absolute Gasteiger partial charge is 0.295 e. The molecule has 1 aromatic carbocycles. The van der Waals surface area contributed by atoms with Crippen LogP contribution in [0.1, 0.15) is 43.4 Å². The summed E-state index contributed by atoms with van der Waals surface area (Å²) in [4.78, 5) is 28.8. The highest BCUT2D eigenvalue weighted by molar-refractivity contribution is 6.46. The van der Waals surface area contributed by atoms with Gasteiger partial charge in [0.05, 0.1) is 32.3 Å². The normalized spacial score (nSPS) is 18.2. The highest BCUT2D eigenvalue weighted by Gasteiger charge is 2.47.